The zero-order valence-electron chi connectivity index (χ0n) is 8.93. The van der Waals surface area contributed by atoms with Gasteiger partial charge in [0.05, 0.1) is 0 Å². The molecule has 0 saturated heterocycles. The molecule has 16 heavy (non-hydrogen) atoms. The standard InChI is InChI=1S/C12H15NO2S/c13-11(12(14)15)7-8-1-3-9(4-2-8)16-10-5-6-10/h1-4,10-11H,5-7,13H2,(H,14,15). The fourth-order valence-corrected chi connectivity index (χ4v) is 2.47. The van der Waals surface area contributed by atoms with Crippen molar-refractivity contribution in [2.45, 2.75) is 35.4 Å². The lowest BCUT2D eigenvalue weighted by Crippen LogP contribution is -2.32. The van der Waals surface area contributed by atoms with Crippen LogP contribution in [-0.2, 0) is 11.2 Å². The first-order valence-electron chi connectivity index (χ1n) is 5.39. The molecule has 0 bridgehead atoms. The first kappa shape index (κ1) is 11.5. The Labute approximate surface area is 99.0 Å². The van der Waals surface area contributed by atoms with Gasteiger partial charge in [-0.05, 0) is 37.0 Å². The number of carboxylic acids is 1. The molecule has 0 radical (unpaired) electrons. The van der Waals surface area contributed by atoms with Crippen LogP contribution >= 0.6 is 11.8 Å². The second-order valence-electron chi connectivity index (χ2n) is 4.11. The number of aliphatic carboxylic acids is 1. The molecular formula is C12H15NO2S. The molecular weight excluding hydrogens is 222 g/mol. The largest absolute Gasteiger partial charge is 0.480 e. The van der Waals surface area contributed by atoms with Crippen LogP contribution < -0.4 is 5.73 Å². The van der Waals surface area contributed by atoms with Crippen LogP contribution in [0.4, 0.5) is 0 Å². The number of nitrogens with two attached hydrogens (primary N) is 1. The van der Waals surface area contributed by atoms with Gasteiger partial charge in [0, 0.05) is 10.1 Å². The molecule has 0 amide bonds. The molecule has 0 spiro atoms. The molecule has 1 aliphatic rings. The van der Waals surface area contributed by atoms with Gasteiger partial charge in [0.25, 0.3) is 0 Å². The second-order valence-corrected chi connectivity index (χ2v) is 5.48. The number of carbonyl (C=O) groups is 1. The van der Waals surface area contributed by atoms with Gasteiger partial charge in [-0.3, -0.25) is 4.79 Å². The molecule has 0 aliphatic heterocycles. The van der Waals surface area contributed by atoms with Gasteiger partial charge in [0.1, 0.15) is 6.04 Å². The van der Waals surface area contributed by atoms with Crippen molar-refractivity contribution in [3.05, 3.63) is 29.8 Å². The maximum absolute atomic E-state index is 10.6. The summed E-state index contributed by atoms with van der Waals surface area (Å²) in [5, 5.41) is 9.49. The minimum absolute atomic E-state index is 0.393. The van der Waals surface area contributed by atoms with E-state index in [0.29, 0.717) is 6.42 Å². The number of thioether (sulfide) groups is 1. The normalized spacial score (nSPS) is 17.1. The van der Waals surface area contributed by atoms with E-state index in [1.807, 2.05) is 36.0 Å². The smallest absolute Gasteiger partial charge is 0.320 e. The minimum atomic E-state index is -0.948. The summed E-state index contributed by atoms with van der Waals surface area (Å²) >= 11 is 1.90. The molecule has 3 nitrogen and oxygen atoms in total. The highest BCUT2D eigenvalue weighted by molar-refractivity contribution is 8.00. The van der Waals surface area contributed by atoms with E-state index in [1.165, 1.54) is 17.7 Å². The van der Waals surface area contributed by atoms with Crippen molar-refractivity contribution in [3.8, 4) is 0 Å². The summed E-state index contributed by atoms with van der Waals surface area (Å²) in [6.07, 6.45) is 3.02. The third kappa shape index (κ3) is 3.25. The van der Waals surface area contributed by atoms with Crippen LogP contribution in [0.2, 0.25) is 0 Å². The zero-order valence-corrected chi connectivity index (χ0v) is 9.74. The number of hydrogen-bond acceptors (Lipinski definition) is 3. The second kappa shape index (κ2) is 4.89. The first-order valence-corrected chi connectivity index (χ1v) is 6.27. The van der Waals surface area contributed by atoms with Crippen molar-refractivity contribution < 1.29 is 9.90 Å². The third-order valence-electron chi connectivity index (χ3n) is 2.52. The summed E-state index contributed by atoms with van der Waals surface area (Å²) < 4.78 is 0. The lowest BCUT2D eigenvalue weighted by molar-refractivity contribution is -0.138. The van der Waals surface area contributed by atoms with E-state index in [1.54, 1.807) is 0 Å². The fraction of sp³-hybridized carbons (Fsp3) is 0.417. The Morgan fingerprint density at radius 1 is 1.44 bits per heavy atom. The number of hydrogen-bond donors (Lipinski definition) is 2. The van der Waals surface area contributed by atoms with Crippen molar-refractivity contribution in [2.24, 2.45) is 5.73 Å². The molecule has 4 heteroatoms. The predicted octanol–water partition coefficient (Wildman–Crippen LogP) is 1.90. The quantitative estimate of drug-likeness (QED) is 0.821. The van der Waals surface area contributed by atoms with Crippen LogP contribution in [0.15, 0.2) is 29.2 Å². The maximum atomic E-state index is 10.6. The van der Waals surface area contributed by atoms with E-state index in [2.05, 4.69) is 0 Å². The van der Waals surface area contributed by atoms with Crippen LogP contribution in [0.5, 0.6) is 0 Å². The molecule has 2 rings (SSSR count). The monoisotopic (exact) mass is 237 g/mol. The fourth-order valence-electron chi connectivity index (χ4n) is 1.42. The van der Waals surface area contributed by atoms with E-state index >= 15 is 0 Å². The third-order valence-corrected chi connectivity index (χ3v) is 3.87. The van der Waals surface area contributed by atoms with E-state index in [0.717, 1.165) is 10.8 Å². The molecule has 0 heterocycles. The molecule has 1 aromatic carbocycles. The van der Waals surface area contributed by atoms with Crippen molar-refractivity contribution in [1.29, 1.82) is 0 Å². The topological polar surface area (TPSA) is 63.3 Å². The Morgan fingerprint density at radius 2 is 2.06 bits per heavy atom. The van der Waals surface area contributed by atoms with E-state index < -0.39 is 12.0 Å². The van der Waals surface area contributed by atoms with Gasteiger partial charge in [-0.15, -0.1) is 11.8 Å². The van der Waals surface area contributed by atoms with Crippen molar-refractivity contribution in [2.75, 3.05) is 0 Å². The summed E-state index contributed by atoms with van der Waals surface area (Å²) in [7, 11) is 0. The Hall–Kier alpha value is -1.00. The highest BCUT2D eigenvalue weighted by Crippen LogP contribution is 2.38. The van der Waals surface area contributed by atoms with E-state index in [-0.39, 0.29) is 0 Å². The summed E-state index contributed by atoms with van der Waals surface area (Å²) in [4.78, 5) is 11.9. The summed E-state index contributed by atoms with van der Waals surface area (Å²) in [6, 6.07) is 7.22. The van der Waals surface area contributed by atoms with Crippen LogP contribution in [0.25, 0.3) is 0 Å². The average Bonchev–Trinajstić information content (AvgIpc) is 3.04. The number of carboxylic acid groups (broad SMARTS) is 1. The Balaban J connectivity index is 1.92. The van der Waals surface area contributed by atoms with Gasteiger partial charge in [0.15, 0.2) is 0 Å². The molecule has 1 saturated carbocycles. The van der Waals surface area contributed by atoms with Gasteiger partial charge in [-0.2, -0.15) is 0 Å². The molecule has 1 fully saturated rings. The lowest BCUT2D eigenvalue weighted by Gasteiger charge is -2.07. The highest BCUT2D eigenvalue weighted by atomic mass is 32.2. The van der Waals surface area contributed by atoms with Crippen molar-refractivity contribution in [1.82, 2.24) is 0 Å². The Morgan fingerprint density at radius 3 is 2.56 bits per heavy atom. The Bertz CT molecular complexity index is 373. The van der Waals surface area contributed by atoms with E-state index in [9.17, 15) is 4.79 Å². The molecule has 1 atom stereocenters. The molecule has 3 N–H and O–H groups in total. The van der Waals surface area contributed by atoms with Gasteiger partial charge >= 0.3 is 5.97 Å². The van der Waals surface area contributed by atoms with Crippen LogP contribution in [0.1, 0.15) is 18.4 Å². The average molecular weight is 237 g/mol. The van der Waals surface area contributed by atoms with Gasteiger partial charge < -0.3 is 10.8 Å². The van der Waals surface area contributed by atoms with Crippen molar-refractivity contribution in [3.63, 3.8) is 0 Å². The molecule has 1 unspecified atom stereocenters. The molecule has 0 aromatic heterocycles. The Kier molecular flexibility index (Phi) is 3.51. The minimum Gasteiger partial charge on any atom is -0.480 e. The molecule has 86 valence electrons. The van der Waals surface area contributed by atoms with Crippen molar-refractivity contribution >= 4 is 17.7 Å². The molecule has 1 aliphatic carbocycles. The summed E-state index contributed by atoms with van der Waals surface area (Å²) in [6.45, 7) is 0. The van der Waals surface area contributed by atoms with Gasteiger partial charge in [-0.25, -0.2) is 0 Å². The number of rotatable bonds is 5. The highest BCUT2D eigenvalue weighted by Gasteiger charge is 2.22. The summed E-state index contributed by atoms with van der Waals surface area (Å²) in [5.74, 6) is -0.948. The van der Waals surface area contributed by atoms with Crippen LogP contribution in [0.3, 0.4) is 0 Å². The maximum Gasteiger partial charge on any atom is 0.320 e. The van der Waals surface area contributed by atoms with Gasteiger partial charge in [-0.1, -0.05) is 12.1 Å². The predicted molar refractivity (Wildman–Crippen MR) is 64.6 cm³/mol. The molecule has 1 aromatic rings. The van der Waals surface area contributed by atoms with E-state index in [4.69, 9.17) is 10.8 Å². The van der Waals surface area contributed by atoms with Gasteiger partial charge in [0.2, 0.25) is 0 Å². The number of benzene rings is 1. The first-order chi connectivity index (χ1) is 7.65. The van der Waals surface area contributed by atoms with Crippen LogP contribution in [-0.4, -0.2) is 22.4 Å². The lowest BCUT2D eigenvalue weighted by atomic mass is 10.1. The zero-order chi connectivity index (χ0) is 11.5. The van der Waals surface area contributed by atoms with Crippen LogP contribution in [0, 0.1) is 0 Å². The SMILES string of the molecule is NC(Cc1ccc(SC2CC2)cc1)C(=O)O. The summed E-state index contributed by atoms with van der Waals surface area (Å²) in [5.41, 5.74) is 6.45.